The van der Waals surface area contributed by atoms with Crippen molar-refractivity contribution in [3.8, 4) is 17.0 Å². The van der Waals surface area contributed by atoms with Gasteiger partial charge in [0.2, 0.25) is 11.9 Å². The number of alkyl halides is 3. The Morgan fingerprint density at radius 3 is 2.45 bits per heavy atom. The lowest BCUT2D eigenvalue weighted by molar-refractivity contribution is -0.274. The van der Waals surface area contributed by atoms with E-state index in [0.717, 1.165) is 0 Å². The Bertz CT molecular complexity index is 1120. The van der Waals surface area contributed by atoms with Crippen LogP contribution in [0.25, 0.3) is 22.4 Å². The van der Waals surface area contributed by atoms with E-state index in [0.29, 0.717) is 67.4 Å². The molecule has 1 aromatic carbocycles. The van der Waals surface area contributed by atoms with Crippen LogP contribution in [0.5, 0.6) is 5.75 Å². The molecule has 1 amide bonds. The minimum absolute atomic E-state index is 0.00793. The Labute approximate surface area is 187 Å². The lowest BCUT2D eigenvalue weighted by Crippen LogP contribution is -2.49. The maximum atomic E-state index is 12.5. The van der Waals surface area contributed by atoms with E-state index in [1.165, 1.54) is 24.3 Å². The number of carbonyl (C=O) groups is 1. The third kappa shape index (κ3) is 5.16. The smallest absolute Gasteiger partial charge is 0.406 e. The van der Waals surface area contributed by atoms with Gasteiger partial charge in [0.1, 0.15) is 17.0 Å². The molecular weight excluding hydrogens is 441 g/mol. The SMILES string of the molecule is Cn1cnc2c(-c3ccc(OC(F)(F)F)cc3)nc(N3CCN(C(=O)CCCO)CC3)nc21. The number of aliphatic hydroxyl groups is 1. The van der Waals surface area contributed by atoms with Gasteiger partial charge in [0.05, 0.1) is 6.33 Å². The largest absolute Gasteiger partial charge is 0.573 e. The topological polar surface area (TPSA) is 96.6 Å². The number of amides is 1. The number of anilines is 1. The van der Waals surface area contributed by atoms with Crippen LogP contribution in [0.15, 0.2) is 30.6 Å². The second kappa shape index (κ2) is 9.22. The Morgan fingerprint density at radius 2 is 1.82 bits per heavy atom. The fraction of sp³-hybridized carbons (Fsp3) is 0.429. The Balaban J connectivity index is 1.59. The number of imidazole rings is 1. The third-order valence-electron chi connectivity index (χ3n) is 5.37. The van der Waals surface area contributed by atoms with Crippen molar-refractivity contribution in [2.75, 3.05) is 37.7 Å². The Kier molecular flexibility index (Phi) is 6.36. The lowest BCUT2D eigenvalue weighted by Gasteiger charge is -2.35. The summed E-state index contributed by atoms with van der Waals surface area (Å²) in [5.74, 6) is 0.146. The Morgan fingerprint density at radius 1 is 1.12 bits per heavy atom. The summed E-state index contributed by atoms with van der Waals surface area (Å²) in [7, 11) is 1.80. The molecule has 1 aliphatic rings. The molecule has 0 atom stereocenters. The minimum Gasteiger partial charge on any atom is -0.406 e. The maximum absolute atomic E-state index is 12.5. The third-order valence-corrected chi connectivity index (χ3v) is 5.37. The molecule has 0 aliphatic carbocycles. The molecule has 4 rings (SSSR count). The molecule has 3 heterocycles. The standard InChI is InChI=1S/C21H23F3N6O3/c1-28-13-25-18-17(14-4-6-15(7-5-14)33-21(22,23)24)26-20(27-19(18)28)30-10-8-29(9-11-30)16(32)3-2-12-31/h4-7,13,31H,2-3,8-12H2,1H3. The van der Waals surface area contributed by atoms with E-state index in [1.54, 1.807) is 22.8 Å². The highest BCUT2D eigenvalue weighted by Gasteiger charge is 2.31. The van der Waals surface area contributed by atoms with Gasteiger partial charge in [-0.3, -0.25) is 4.79 Å². The number of hydrogen-bond acceptors (Lipinski definition) is 7. The molecular formula is C21H23F3N6O3. The van der Waals surface area contributed by atoms with Crippen molar-refractivity contribution in [3.63, 3.8) is 0 Å². The number of fused-ring (bicyclic) bond motifs is 1. The van der Waals surface area contributed by atoms with Crippen LogP contribution in [0.4, 0.5) is 19.1 Å². The van der Waals surface area contributed by atoms with E-state index >= 15 is 0 Å². The number of piperazine rings is 1. The summed E-state index contributed by atoms with van der Waals surface area (Å²) < 4.78 is 43.1. The number of ether oxygens (including phenoxy) is 1. The van der Waals surface area contributed by atoms with Gasteiger partial charge in [0, 0.05) is 51.8 Å². The van der Waals surface area contributed by atoms with Crippen LogP contribution in [0.1, 0.15) is 12.8 Å². The highest BCUT2D eigenvalue weighted by Crippen LogP contribution is 2.30. The van der Waals surface area contributed by atoms with Gasteiger partial charge >= 0.3 is 6.36 Å². The van der Waals surface area contributed by atoms with Crippen molar-refractivity contribution < 1.29 is 27.8 Å². The summed E-state index contributed by atoms with van der Waals surface area (Å²) in [6.45, 7) is 2.07. The molecule has 12 heteroatoms. The van der Waals surface area contributed by atoms with Crippen LogP contribution in [0.3, 0.4) is 0 Å². The fourth-order valence-electron chi connectivity index (χ4n) is 3.70. The second-order valence-corrected chi connectivity index (χ2v) is 7.67. The highest BCUT2D eigenvalue weighted by atomic mass is 19.4. The second-order valence-electron chi connectivity index (χ2n) is 7.67. The molecule has 33 heavy (non-hydrogen) atoms. The number of nitrogens with zero attached hydrogens (tertiary/aromatic N) is 6. The minimum atomic E-state index is -4.76. The molecule has 1 N–H and O–H groups in total. The molecule has 0 bridgehead atoms. The van der Waals surface area contributed by atoms with Crippen molar-refractivity contribution >= 4 is 23.0 Å². The number of aryl methyl sites for hydroxylation is 1. The lowest BCUT2D eigenvalue weighted by atomic mass is 10.1. The zero-order valence-corrected chi connectivity index (χ0v) is 17.9. The zero-order chi connectivity index (χ0) is 23.6. The Hall–Kier alpha value is -3.41. The number of halogens is 3. The average Bonchev–Trinajstić information content (AvgIpc) is 3.17. The summed E-state index contributed by atoms with van der Waals surface area (Å²) >= 11 is 0. The predicted molar refractivity (Wildman–Crippen MR) is 114 cm³/mol. The van der Waals surface area contributed by atoms with Crippen LogP contribution >= 0.6 is 0 Å². The molecule has 0 unspecified atom stereocenters. The zero-order valence-electron chi connectivity index (χ0n) is 17.9. The van der Waals surface area contributed by atoms with E-state index < -0.39 is 6.36 Å². The van der Waals surface area contributed by atoms with Crippen LogP contribution in [-0.2, 0) is 11.8 Å². The van der Waals surface area contributed by atoms with E-state index in [-0.39, 0.29) is 18.3 Å². The molecule has 0 saturated carbocycles. The summed E-state index contributed by atoms with van der Waals surface area (Å²) in [6, 6.07) is 5.46. The molecule has 176 valence electrons. The quantitative estimate of drug-likeness (QED) is 0.598. The van der Waals surface area contributed by atoms with Crippen LogP contribution in [0, 0.1) is 0 Å². The number of aliphatic hydroxyl groups excluding tert-OH is 1. The first kappa shape index (κ1) is 22.8. The van der Waals surface area contributed by atoms with Crippen molar-refractivity contribution in [1.82, 2.24) is 24.4 Å². The van der Waals surface area contributed by atoms with Gasteiger partial charge in [0.15, 0.2) is 5.65 Å². The normalized spacial score (nSPS) is 14.7. The van der Waals surface area contributed by atoms with Gasteiger partial charge in [-0.25, -0.2) is 9.97 Å². The molecule has 1 fully saturated rings. The first-order valence-corrected chi connectivity index (χ1v) is 10.4. The van der Waals surface area contributed by atoms with E-state index in [4.69, 9.17) is 5.11 Å². The highest BCUT2D eigenvalue weighted by molar-refractivity contribution is 5.88. The summed E-state index contributed by atoms with van der Waals surface area (Å²) in [5.41, 5.74) is 2.20. The fourth-order valence-corrected chi connectivity index (χ4v) is 3.70. The van der Waals surface area contributed by atoms with Gasteiger partial charge in [-0.2, -0.15) is 4.98 Å². The summed E-state index contributed by atoms with van der Waals surface area (Å²) in [5, 5.41) is 8.92. The first-order valence-electron chi connectivity index (χ1n) is 10.4. The van der Waals surface area contributed by atoms with Gasteiger partial charge in [-0.1, -0.05) is 0 Å². The van der Waals surface area contributed by atoms with Crippen LogP contribution in [0.2, 0.25) is 0 Å². The average molecular weight is 464 g/mol. The monoisotopic (exact) mass is 464 g/mol. The first-order chi connectivity index (χ1) is 15.7. The molecule has 0 radical (unpaired) electrons. The molecule has 1 saturated heterocycles. The van der Waals surface area contributed by atoms with Crippen molar-refractivity contribution in [3.05, 3.63) is 30.6 Å². The van der Waals surface area contributed by atoms with E-state index in [2.05, 4.69) is 19.7 Å². The number of rotatable bonds is 6. The summed E-state index contributed by atoms with van der Waals surface area (Å²) in [6.07, 6.45) is -2.41. The number of aromatic nitrogens is 4. The van der Waals surface area contributed by atoms with Gasteiger partial charge in [0.25, 0.3) is 0 Å². The van der Waals surface area contributed by atoms with Crippen molar-refractivity contribution in [2.24, 2.45) is 7.05 Å². The number of carbonyl (C=O) groups excluding carboxylic acids is 1. The molecule has 9 nitrogen and oxygen atoms in total. The molecule has 3 aromatic rings. The van der Waals surface area contributed by atoms with Gasteiger partial charge < -0.3 is 24.2 Å². The van der Waals surface area contributed by atoms with E-state index in [9.17, 15) is 18.0 Å². The van der Waals surface area contributed by atoms with E-state index in [1.807, 2.05) is 4.90 Å². The van der Waals surface area contributed by atoms with Gasteiger partial charge in [-0.05, 0) is 30.7 Å². The predicted octanol–water partition coefficient (Wildman–Crippen LogP) is 2.35. The molecule has 1 aliphatic heterocycles. The van der Waals surface area contributed by atoms with Crippen molar-refractivity contribution in [2.45, 2.75) is 19.2 Å². The van der Waals surface area contributed by atoms with Crippen LogP contribution in [-0.4, -0.2) is 74.6 Å². The summed E-state index contributed by atoms with van der Waals surface area (Å²) in [4.78, 5) is 29.6. The van der Waals surface area contributed by atoms with Crippen molar-refractivity contribution in [1.29, 1.82) is 0 Å². The maximum Gasteiger partial charge on any atom is 0.573 e. The molecule has 2 aromatic heterocycles. The number of hydrogen-bond donors (Lipinski definition) is 1. The van der Waals surface area contributed by atoms with Gasteiger partial charge in [-0.15, -0.1) is 13.2 Å². The van der Waals surface area contributed by atoms with Crippen LogP contribution < -0.4 is 9.64 Å². The number of benzene rings is 1. The molecule has 0 spiro atoms.